The molecule has 0 radical (unpaired) electrons. The van der Waals surface area contributed by atoms with Gasteiger partial charge in [-0.1, -0.05) is 23.8 Å². The zero-order valence-corrected chi connectivity index (χ0v) is 4.99. The Bertz CT molecular complexity index is 64.6. The summed E-state index contributed by atoms with van der Waals surface area (Å²) in [6.07, 6.45) is 5.80. The van der Waals surface area contributed by atoms with Crippen LogP contribution in [0.4, 0.5) is 0 Å². The van der Waals surface area contributed by atoms with Crippen molar-refractivity contribution in [2.75, 3.05) is 0 Å². The molecule has 0 amide bonds. The molecule has 0 fully saturated rings. The molecule has 0 N–H and O–H groups in total. The van der Waals surface area contributed by atoms with Gasteiger partial charge in [0.25, 0.3) is 0 Å². The smallest absolute Gasteiger partial charge is 0.000256 e. The van der Waals surface area contributed by atoms with Gasteiger partial charge in [-0.3, -0.25) is 0 Å². The van der Waals surface area contributed by atoms with Crippen molar-refractivity contribution < 1.29 is 0 Å². The normalized spacial score (nSPS) is 9.86. The van der Waals surface area contributed by atoms with Gasteiger partial charge in [0, 0.05) is 5.54 Å². The van der Waals surface area contributed by atoms with Gasteiger partial charge < -0.3 is 0 Å². The van der Waals surface area contributed by atoms with E-state index in [1.807, 2.05) is 12.2 Å². The van der Waals surface area contributed by atoms with E-state index >= 15 is 0 Å². The van der Waals surface area contributed by atoms with E-state index in [4.69, 9.17) is 11.6 Å². The average molecular weight is 117 g/mol. The van der Waals surface area contributed by atoms with Crippen LogP contribution in [0.15, 0.2) is 24.3 Å². The number of unbranched alkanes of at least 4 members (excludes halogenated alkanes) is 1. The van der Waals surface area contributed by atoms with Gasteiger partial charge in [0.2, 0.25) is 0 Å². The highest BCUT2D eigenvalue weighted by Gasteiger charge is 1.69. The molecule has 40 valence electrons. The Balaban J connectivity index is 2.82. The second kappa shape index (κ2) is 5.77. The molecular formula is C6H9Cl. The van der Waals surface area contributed by atoms with E-state index in [0.29, 0.717) is 0 Å². The van der Waals surface area contributed by atoms with Crippen molar-refractivity contribution in [3.63, 3.8) is 0 Å². The lowest BCUT2D eigenvalue weighted by atomic mass is 10.3. The minimum atomic E-state index is 1.01. The van der Waals surface area contributed by atoms with E-state index in [1.165, 1.54) is 5.54 Å². The number of hydrogen-bond donors (Lipinski definition) is 0. The Labute approximate surface area is 49.5 Å². The third-order valence-corrected chi connectivity index (χ3v) is 0.805. The maximum Gasteiger partial charge on any atom is 0.000256 e. The summed E-state index contributed by atoms with van der Waals surface area (Å²) in [5.74, 6) is 0. The minimum Gasteiger partial charge on any atom is -0.103 e. The van der Waals surface area contributed by atoms with Crippen LogP contribution < -0.4 is 0 Å². The Hall–Kier alpha value is -0.230. The molecule has 0 nitrogen and oxygen atoms in total. The van der Waals surface area contributed by atoms with Crippen LogP contribution in [-0.4, -0.2) is 0 Å². The molecule has 0 aromatic carbocycles. The van der Waals surface area contributed by atoms with Crippen LogP contribution in [-0.2, 0) is 0 Å². The van der Waals surface area contributed by atoms with E-state index < -0.39 is 0 Å². The van der Waals surface area contributed by atoms with Crippen LogP contribution in [0.2, 0.25) is 0 Å². The minimum absolute atomic E-state index is 1.01. The zero-order chi connectivity index (χ0) is 5.54. The Kier molecular flexibility index (Phi) is 5.58. The van der Waals surface area contributed by atoms with Crippen molar-refractivity contribution in [3.05, 3.63) is 24.3 Å². The lowest BCUT2D eigenvalue weighted by Gasteiger charge is -1.78. The summed E-state index contributed by atoms with van der Waals surface area (Å²) in [4.78, 5) is 0. The average Bonchev–Trinajstić information content (AvgIpc) is 1.69. The van der Waals surface area contributed by atoms with Crippen LogP contribution in [0, 0.1) is 0 Å². The summed E-state index contributed by atoms with van der Waals surface area (Å²) in [5, 5.41) is 0. The summed E-state index contributed by atoms with van der Waals surface area (Å²) in [7, 11) is 0. The lowest BCUT2D eigenvalue weighted by molar-refractivity contribution is 1.06. The van der Waals surface area contributed by atoms with Crippen molar-refractivity contribution in [1.82, 2.24) is 0 Å². The van der Waals surface area contributed by atoms with Gasteiger partial charge in [-0.25, -0.2) is 0 Å². The predicted octanol–water partition coefficient (Wildman–Crippen LogP) is 2.71. The number of halogens is 1. The van der Waals surface area contributed by atoms with Crippen molar-refractivity contribution in [3.8, 4) is 0 Å². The zero-order valence-electron chi connectivity index (χ0n) is 4.23. The highest BCUT2D eigenvalue weighted by atomic mass is 35.5. The largest absolute Gasteiger partial charge is 0.103 e. The van der Waals surface area contributed by atoms with E-state index in [9.17, 15) is 0 Å². The first-order valence-electron chi connectivity index (χ1n) is 2.28. The third kappa shape index (κ3) is 5.77. The molecule has 0 atom stereocenters. The van der Waals surface area contributed by atoms with Crippen molar-refractivity contribution in [1.29, 1.82) is 0 Å². The first-order valence-corrected chi connectivity index (χ1v) is 2.71. The van der Waals surface area contributed by atoms with Crippen molar-refractivity contribution >= 4 is 11.6 Å². The SMILES string of the molecule is C=CCCC=CCl. The number of allylic oxidation sites excluding steroid dienone is 2. The Morgan fingerprint density at radius 1 is 1.43 bits per heavy atom. The molecular weight excluding hydrogens is 108 g/mol. The van der Waals surface area contributed by atoms with E-state index in [0.717, 1.165) is 12.8 Å². The van der Waals surface area contributed by atoms with Gasteiger partial charge in [-0.05, 0) is 12.8 Å². The Morgan fingerprint density at radius 3 is 2.57 bits per heavy atom. The molecule has 1 heteroatoms. The molecule has 0 unspecified atom stereocenters. The van der Waals surface area contributed by atoms with Gasteiger partial charge >= 0.3 is 0 Å². The highest BCUT2D eigenvalue weighted by Crippen LogP contribution is 1.91. The number of hydrogen-bond acceptors (Lipinski definition) is 0. The first-order chi connectivity index (χ1) is 3.41. The summed E-state index contributed by atoms with van der Waals surface area (Å²) in [5.41, 5.74) is 1.53. The molecule has 0 saturated heterocycles. The first kappa shape index (κ1) is 6.77. The molecule has 0 spiro atoms. The molecule has 0 aliphatic heterocycles. The second-order valence-electron chi connectivity index (χ2n) is 1.23. The van der Waals surface area contributed by atoms with Crippen LogP contribution in [0.1, 0.15) is 12.8 Å². The molecule has 0 bridgehead atoms. The Morgan fingerprint density at radius 2 is 2.14 bits per heavy atom. The monoisotopic (exact) mass is 116 g/mol. The van der Waals surface area contributed by atoms with E-state index in [-0.39, 0.29) is 0 Å². The topological polar surface area (TPSA) is 0 Å². The standard InChI is InChI=1S/C6H9Cl/c1-2-3-4-5-6-7/h2,5-6H,1,3-4H2. The summed E-state index contributed by atoms with van der Waals surface area (Å²) in [6, 6.07) is 0. The maximum absolute atomic E-state index is 5.22. The van der Waals surface area contributed by atoms with Crippen LogP contribution in [0.25, 0.3) is 0 Å². The van der Waals surface area contributed by atoms with E-state index in [1.54, 1.807) is 0 Å². The molecule has 0 heterocycles. The lowest BCUT2D eigenvalue weighted by Crippen LogP contribution is -1.57. The highest BCUT2D eigenvalue weighted by molar-refractivity contribution is 6.25. The fourth-order valence-electron chi connectivity index (χ4n) is 0.277. The summed E-state index contributed by atoms with van der Waals surface area (Å²) < 4.78 is 0. The second-order valence-corrected chi connectivity index (χ2v) is 1.48. The molecule has 0 aromatic rings. The predicted molar refractivity (Wildman–Crippen MR) is 34.4 cm³/mol. The van der Waals surface area contributed by atoms with Gasteiger partial charge in [0.1, 0.15) is 0 Å². The fourth-order valence-corrected chi connectivity index (χ4v) is 0.403. The molecule has 0 aromatic heterocycles. The molecule has 0 aliphatic carbocycles. The summed E-state index contributed by atoms with van der Waals surface area (Å²) in [6.45, 7) is 3.56. The van der Waals surface area contributed by atoms with Gasteiger partial charge in [0.15, 0.2) is 0 Å². The van der Waals surface area contributed by atoms with Crippen molar-refractivity contribution in [2.24, 2.45) is 0 Å². The van der Waals surface area contributed by atoms with Gasteiger partial charge in [-0.15, -0.1) is 6.58 Å². The van der Waals surface area contributed by atoms with E-state index in [2.05, 4.69) is 6.58 Å². The molecule has 0 saturated carbocycles. The van der Waals surface area contributed by atoms with Crippen LogP contribution >= 0.6 is 11.6 Å². The number of rotatable bonds is 3. The third-order valence-electron chi connectivity index (χ3n) is 0.627. The molecule has 0 aliphatic rings. The molecule has 7 heavy (non-hydrogen) atoms. The maximum atomic E-state index is 5.22. The quantitative estimate of drug-likeness (QED) is 0.393. The van der Waals surface area contributed by atoms with Gasteiger partial charge in [0.05, 0.1) is 0 Å². The van der Waals surface area contributed by atoms with Crippen LogP contribution in [0.3, 0.4) is 0 Å². The summed E-state index contributed by atoms with van der Waals surface area (Å²) >= 11 is 5.22. The van der Waals surface area contributed by atoms with Gasteiger partial charge in [-0.2, -0.15) is 0 Å². The fraction of sp³-hybridized carbons (Fsp3) is 0.333. The van der Waals surface area contributed by atoms with Crippen LogP contribution in [0.5, 0.6) is 0 Å². The molecule has 0 rings (SSSR count). The van der Waals surface area contributed by atoms with Crippen molar-refractivity contribution in [2.45, 2.75) is 12.8 Å².